The van der Waals surface area contributed by atoms with Gasteiger partial charge in [0.05, 0.1) is 14.2 Å². The van der Waals surface area contributed by atoms with E-state index >= 15 is 0 Å². The highest BCUT2D eigenvalue weighted by molar-refractivity contribution is 5.89. The van der Waals surface area contributed by atoms with Gasteiger partial charge < -0.3 is 19.5 Å². The second-order valence-corrected chi connectivity index (χ2v) is 5.64. The summed E-state index contributed by atoms with van der Waals surface area (Å²) in [6, 6.07) is 14.9. The van der Waals surface area contributed by atoms with Crippen LogP contribution in [-0.2, 0) is 20.7 Å². The van der Waals surface area contributed by atoms with Crippen LogP contribution in [0, 0.1) is 0 Å². The van der Waals surface area contributed by atoms with Crippen LogP contribution in [-0.4, -0.2) is 39.2 Å². The van der Waals surface area contributed by atoms with Gasteiger partial charge in [0.15, 0.2) is 18.1 Å². The third-order valence-corrected chi connectivity index (χ3v) is 3.74. The van der Waals surface area contributed by atoms with Crippen molar-refractivity contribution in [3.63, 3.8) is 0 Å². The first-order chi connectivity index (χ1) is 13.1. The number of carbonyl (C=O) groups excluding carboxylic acids is 2. The van der Waals surface area contributed by atoms with Crippen LogP contribution in [0.3, 0.4) is 0 Å². The maximum absolute atomic E-state index is 11.8. The molecule has 0 aliphatic rings. The Hall–Kier alpha value is -3.28. The van der Waals surface area contributed by atoms with Crippen LogP contribution in [0.2, 0.25) is 0 Å². The van der Waals surface area contributed by atoms with Gasteiger partial charge in [-0.05, 0) is 35.8 Å². The van der Waals surface area contributed by atoms with Gasteiger partial charge in [-0.3, -0.25) is 4.79 Å². The van der Waals surface area contributed by atoms with E-state index in [1.807, 2.05) is 48.5 Å². The molecule has 0 unspecified atom stereocenters. The van der Waals surface area contributed by atoms with E-state index in [4.69, 9.17) is 14.2 Å². The normalized spacial score (nSPS) is 10.4. The Morgan fingerprint density at radius 3 is 2.44 bits per heavy atom. The molecule has 0 saturated carbocycles. The Morgan fingerprint density at radius 2 is 1.74 bits per heavy atom. The van der Waals surface area contributed by atoms with Gasteiger partial charge >= 0.3 is 5.97 Å². The average Bonchev–Trinajstić information content (AvgIpc) is 2.71. The van der Waals surface area contributed by atoms with E-state index in [1.165, 1.54) is 6.08 Å². The average molecular weight is 369 g/mol. The molecule has 1 N–H and O–H groups in total. The molecule has 2 rings (SSSR count). The molecule has 2 aromatic carbocycles. The molecule has 0 spiro atoms. The molecular formula is C21H23NO5. The van der Waals surface area contributed by atoms with Crippen molar-refractivity contribution in [2.45, 2.75) is 6.42 Å². The fourth-order valence-corrected chi connectivity index (χ4v) is 2.35. The Balaban J connectivity index is 1.70. The van der Waals surface area contributed by atoms with Gasteiger partial charge in [0.25, 0.3) is 5.91 Å². The number of hydrogen-bond donors (Lipinski definition) is 1. The summed E-state index contributed by atoms with van der Waals surface area (Å²) in [5, 5.41) is 2.71. The van der Waals surface area contributed by atoms with E-state index in [9.17, 15) is 9.59 Å². The summed E-state index contributed by atoms with van der Waals surface area (Å²) in [5.74, 6) is 0.382. The number of rotatable bonds is 9. The fraction of sp³-hybridized carbons (Fsp3) is 0.238. The van der Waals surface area contributed by atoms with Crippen LogP contribution in [0.4, 0.5) is 0 Å². The minimum Gasteiger partial charge on any atom is -0.493 e. The summed E-state index contributed by atoms with van der Waals surface area (Å²) in [6.45, 7) is 0.107. The van der Waals surface area contributed by atoms with Crippen molar-refractivity contribution in [1.29, 1.82) is 0 Å². The first kappa shape index (κ1) is 20.0. The zero-order valence-corrected chi connectivity index (χ0v) is 15.4. The number of nitrogens with one attached hydrogen (secondary N) is 1. The first-order valence-corrected chi connectivity index (χ1v) is 8.50. The van der Waals surface area contributed by atoms with Crippen molar-refractivity contribution in [2.24, 2.45) is 0 Å². The molecule has 6 nitrogen and oxygen atoms in total. The summed E-state index contributed by atoms with van der Waals surface area (Å²) in [7, 11) is 3.15. The van der Waals surface area contributed by atoms with Crippen LogP contribution < -0.4 is 14.8 Å². The van der Waals surface area contributed by atoms with Gasteiger partial charge in [-0.2, -0.15) is 0 Å². The van der Waals surface area contributed by atoms with E-state index in [0.29, 0.717) is 24.5 Å². The van der Waals surface area contributed by atoms with E-state index in [0.717, 1.165) is 11.1 Å². The van der Waals surface area contributed by atoms with Crippen LogP contribution in [0.25, 0.3) is 6.08 Å². The van der Waals surface area contributed by atoms with Crippen LogP contribution >= 0.6 is 0 Å². The van der Waals surface area contributed by atoms with E-state index in [2.05, 4.69) is 5.32 Å². The highest BCUT2D eigenvalue weighted by atomic mass is 16.5. The number of ether oxygens (including phenoxy) is 3. The summed E-state index contributed by atoms with van der Waals surface area (Å²) in [6.07, 6.45) is 3.55. The maximum atomic E-state index is 11.8. The van der Waals surface area contributed by atoms with Crippen LogP contribution in [0.15, 0.2) is 54.6 Å². The molecule has 0 bridgehead atoms. The zero-order chi connectivity index (χ0) is 19.5. The lowest BCUT2D eigenvalue weighted by molar-refractivity contribution is -0.143. The van der Waals surface area contributed by atoms with Crippen molar-refractivity contribution in [3.8, 4) is 11.5 Å². The molecule has 0 heterocycles. The largest absolute Gasteiger partial charge is 0.493 e. The summed E-state index contributed by atoms with van der Waals surface area (Å²) in [4.78, 5) is 23.4. The molecule has 0 aromatic heterocycles. The van der Waals surface area contributed by atoms with Crippen LogP contribution in [0.1, 0.15) is 11.1 Å². The molecule has 1 amide bonds. The molecular weight excluding hydrogens is 346 g/mol. The summed E-state index contributed by atoms with van der Waals surface area (Å²) >= 11 is 0. The molecule has 142 valence electrons. The van der Waals surface area contributed by atoms with Gasteiger partial charge in [-0.1, -0.05) is 36.4 Å². The van der Waals surface area contributed by atoms with Crippen molar-refractivity contribution in [2.75, 3.05) is 27.4 Å². The smallest absolute Gasteiger partial charge is 0.331 e. The van der Waals surface area contributed by atoms with Gasteiger partial charge in [-0.15, -0.1) is 0 Å². The Morgan fingerprint density at radius 1 is 1.00 bits per heavy atom. The Kier molecular flexibility index (Phi) is 7.91. The topological polar surface area (TPSA) is 73.9 Å². The van der Waals surface area contributed by atoms with Gasteiger partial charge in [0.1, 0.15) is 0 Å². The number of carbonyl (C=O) groups is 2. The number of methoxy groups -OCH3 is 2. The molecule has 0 atom stereocenters. The van der Waals surface area contributed by atoms with Crippen molar-refractivity contribution in [3.05, 3.63) is 65.7 Å². The summed E-state index contributed by atoms with van der Waals surface area (Å²) < 4.78 is 15.4. The van der Waals surface area contributed by atoms with Gasteiger partial charge in [-0.25, -0.2) is 4.79 Å². The second-order valence-electron chi connectivity index (χ2n) is 5.64. The number of esters is 1. The number of benzene rings is 2. The highest BCUT2D eigenvalue weighted by Gasteiger charge is 2.07. The molecule has 0 fully saturated rings. The fourth-order valence-electron chi connectivity index (χ4n) is 2.35. The van der Waals surface area contributed by atoms with Crippen molar-refractivity contribution in [1.82, 2.24) is 5.32 Å². The third-order valence-electron chi connectivity index (χ3n) is 3.74. The van der Waals surface area contributed by atoms with Crippen LogP contribution in [0.5, 0.6) is 11.5 Å². The maximum Gasteiger partial charge on any atom is 0.331 e. The summed E-state index contributed by atoms with van der Waals surface area (Å²) in [5.41, 5.74) is 1.88. The molecule has 2 aromatic rings. The Labute approximate surface area is 158 Å². The molecule has 0 saturated heterocycles. The lowest BCUT2D eigenvalue weighted by Gasteiger charge is -2.10. The van der Waals surface area contributed by atoms with Crippen molar-refractivity contribution < 1.29 is 23.8 Å². The van der Waals surface area contributed by atoms with E-state index in [1.54, 1.807) is 20.3 Å². The lowest BCUT2D eigenvalue weighted by atomic mass is 10.1. The first-order valence-electron chi connectivity index (χ1n) is 8.50. The zero-order valence-electron chi connectivity index (χ0n) is 15.4. The lowest BCUT2D eigenvalue weighted by Crippen LogP contribution is -2.30. The predicted octanol–water partition coefficient (Wildman–Crippen LogP) is 2.62. The molecule has 0 aliphatic heterocycles. The minimum atomic E-state index is -0.561. The Bertz CT molecular complexity index is 786. The SMILES string of the molecule is COc1ccc(CCNC(=O)COC(=O)C=Cc2ccccc2)cc1OC. The second kappa shape index (κ2) is 10.7. The van der Waals surface area contributed by atoms with E-state index < -0.39 is 5.97 Å². The van der Waals surface area contributed by atoms with Crippen molar-refractivity contribution >= 4 is 18.0 Å². The third kappa shape index (κ3) is 6.86. The standard InChI is InChI=1S/C21H23NO5/c1-25-18-10-8-17(14-19(18)26-2)12-13-22-20(23)15-27-21(24)11-9-16-6-4-3-5-7-16/h3-11,14H,12-13,15H2,1-2H3,(H,22,23). The molecule has 0 aliphatic carbocycles. The number of amides is 1. The monoisotopic (exact) mass is 369 g/mol. The predicted molar refractivity (Wildman–Crippen MR) is 103 cm³/mol. The van der Waals surface area contributed by atoms with Gasteiger partial charge in [0, 0.05) is 12.6 Å². The molecule has 0 radical (unpaired) electrons. The number of hydrogen-bond acceptors (Lipinski definition) is 5. The van der Waals surface area contributed by atoms with Gasteiger partial charge in [0.2, 0.25) is 0 Å². The quantitative estimate of drug-likeness (QED) is 0.543. The highest BCUT2D eigenvalue weighted by Crippen LogP contribution is 2.27. The van der Waals surface area contributed by atoms with E-state index in [-0.39, 0.29) is 12.5 Å². The molecule has 6 heteroatoms. The minimum absolute atomic E-state index is 0.316. The molecule has 27 heavy (non-hydrogen) atoms.